The van der Waals surface area contributed by atoms with Crippen molar-refractivity contribution in [1.29, 1.82) is 0 Å². The molecule has 0 nitrogen and oxygen atoms in total. The zero-order valence-corrected chi connectivity index (χ0v) is 10.8. The maximum atomic E-state index is 3.82. The van der Waals surface area contributed by atoms with E-state index in [9.17, 15) is 0 Å². The molecule has 0 saturated carbocycles. The van der Waals surface area contributed by atoms with Crippen molar-refractivity contribution in [3.8, 4) is 0 Å². The van der Waals surface area contributed by atoms with Crippen LogP contribution in [0.4, 0.5) is 0 Å². The molecule has 0 bridgehead atoms. The summed E-state index contributed by atoms with van der Waals surface area (Å²) in [5.41, 5.74) is 3.13. The molecule has 0 heterocycles. The van der Waals surface area contributed by atoms with Gasteiger partial charge in [0.15, 0.2) is 0 Å². The van der Waals surface area contributed by atoms with E-state index >= 15 is 0 Å². The number of hydrogen-bond acceptors (Lipinski definition) is 0. The van der Waals surface area contributed by atoms with Gasteiger partial charge in [0.25, 0.3) is 0 Å². The summed E-state index contributed by atoms with van der Waals surface area (Å²) in [4.78, 5) is 0. The standard InChI is InChI=1S/C13H20.C2H6/c1-4-6-12(5-2)13-9-7-11(3)8-10-13;1-2/h4,7,9,12H,1,5-6,8,10H2,2-3H3;1-2H3. The Morgan fingerprint density at radius 2 is 2.00 bits per heavy atom. The van der Waals surface area contributed by atoms with Gasteiger partial charge in [-0.2, -0.15) is 0 Å². The Balaban J connectivity index is 0.000000921. The fourth-order valence-electron chi connectivity index (χ4n) is 1.88. The lowest BCUT2D eigenvalue weighted by Crippen LogP contribution is -2.04. The minimum absolute atomic E-state index is 0.738. The lowest BCUT2D eigenvalue weighted by atomic mass is 9.86. The Morgan fingerprint density at radius 1 is 1.33 bits per heavy atom. The zero-order valence-electron chi connectivity index (χ0n) is 10.8. The molecule has 0 radical (unpaired) electrons. The molecule has 0 fully saturated rings. The van der Waals surface area contributed by atoms with E-state index in [2.05, 4.69) is 32.6 Å². The largest absolute Gasteiger partial charge is 0.103 e. The first-order valence-electron chi connectivity index (χ1n) is 6.25. The summed E-state index contributed by atoms with van der Waals surface area (Å²) >= 11 is 0. The fraction of sp³-hybridized carbons (Fsp3) is 0.600. The predicted molar refractivity (Wildman–Crippen MR) is 71.0 cm³/mol. The molecule has 15 heavy (non-hydrogen) atoms. The Labute approximate surface area is 95.8 Å². The molecule has 0 aromatic carbocycles. The maximum absolute atomic E-state index is 3.82. The molecule has 0 aliphatic heterocycles. The summed E-state index contributed by atoms with van der Waals surface area (Å²) in [6, 6.07) is 0. The van der Waals surface area contributed by atoms with Crippen molar-refractivity contribution >= 4 is 0 Å². The first kappa shape index (κ1) is 14.2. The van der Waals surface area contributed by atoms with Gasteiger partial charge in [-0.15, -0.1) is 6.58 Å². The van der Waals surface area contributed by atoms with Crippen LogP contribution in [0, 0.1) is 5.92 Å². The fourth-order valence-corrected chi connectivity index (χ4v) is 1.88. The number of allylic oxidation sites excluding steroid dienone is 5. The van der Waals surface area contributed by atoms with Crippen LogP contribution in [0.25, 0.3) is 0 Å². The molecule has 0 spiro atoms. The summed E-state index contributed by atoms with van der Waals surface area (Å²) < 4.78 is 0. The van der Waals surface area contributed by atoms with Crippen LogP contribution in [-0.4, -0.2) is 0 Å². The molecule has 1 aliphatic rings. The van der Waals surface area contributed by atoms with Crippen molar-refractivity contribution in [3.05, 3.63) is 36.0 Å². The van der Waals surface area contributed by atoms with Gasteiger partial charge in [0.1, 0.15) is 0 Å². The van der Waals surface area contributed by atoms with Crippen LogP contribution in [0.3, 0.4) is 0 Å². The van der Waals surface area contributed by atoms with E-state index in [1.807, 2.05) is 19.9 Å². The lowest BCUT2D eigenvalue weighted by molar-refractivity contribution is 0.571. The summed E-state index contributed by atoms with van der Waals surface area (Å²) in [6.45, 7) is 12.3. The van der Waals surface area contributed by atoms with Crippen molar-refractivity contribution in [1.82, 2.24) is 0 Å². The van der Waals surface area contributed by atoms with Crippen molar-refractivity contribution < 1.29 is 0 Å². The summed E-state index contributed by atoms with van der Waals surface area (Å²) in [5.74, 6) is 0.738. The third kappa shape index (κ3) is 5.01. The number of hydrogen-bond donors (Lipinski definition) is 0. The van der Waals surface area contributed by atoms with Crippen molar-refractivity contribution in [2.24, 2.45) is 5.92 Å². The van der Waals surface area contributed by atoms with E-state index in [1.54, 1.807) is 5.57 Å². The smallest absolute Gasteiger partial charge is 0.0168 e. The molecule has 86 valence electrons. The second kappa shape index (κ2) is 8.52. The van der Waals surface area contributed by atoms with Crippen LogP contribution < -0.4 is 0 Å². The molecule has 1 aliphatic carbocycles. The Hall–Kier alpha value is -0.780. The third-order valence-corrected chi connectivity index (χ3v) is 2.86. The van der Waals surface area contributed by atoms with E-state index in [1.165, 1.54) is 24.8 Å². The van der Waals surface area contributed by atoms with E-state index < -0.39 is 0 Å². The third-order valence-electron chi connectivity index (χ3n) is 2.86. The lowest BCUT2D eigenvalue weighted by Gasteiger charge is -2.20. The minimum Gasteiger partial charge on any atom is -0.103 e. The summed E-state index contributed by atoms with van der Waals surface area (Å²) in [7, 11) is 0. The average Bonchev–Trinajstić information content (AvgIpc) is 2.30. The highest BCUT2D eigenvalue weighted by Crippen LogP contribution is 2.28. The van der Waals surface area contributed by atoms with Crippen LogP contribution in [-0.2, 0) is 0 Å². The summed E-state index contributed by atoms with van der Waals surface area (Å²) in [5, 5.41) is 0. The van der Waals surface area contributed by atoms with Gasteiger partial charge in [0.05, 0.1) is 0 Å². The molecule has 0 amide bonds. The molecular formula is C15H26. The van der Waals surface area contributed by atoms with E-state index in [-0.39, 0.29) is 0 Å². The molecule has 0 N–H and O–H groups in total. The molecule has 0 saturated heterocycles. The highest BCUT2D eigenvalue weighted by atomic mass is 14.2. The molecule has 1 atom stereocenters. The van der Waals surface area contributed by atoms with Crippen LogP contribution >= 0.6 is 0 Å². The normalized spacial score (nSPS) is 16.8. The topological polar surface area (TPSA) is 0 Å². The predicted octanol–water partition coefficient (Wildman–Crippen LogP) is 5.28. The van der Waals surface area contributed by atoms with E-state index in [4.69, 9.17) is 0 Å². The molecule has 0 heteroatoms. The molecule has 1 unspecified atom stereocenters. The van der Waals surface area contributed by atoms with Gasteiger partial charge in [-0.1, -0.05) is 50.1 Å². The highest BCUT2D eigenvalue weighted by molar-refractivity contribution is 5.24. The number of rotatable bonds is 4. The van der Waals surface area contributed by atoms with Gasteiger partial charge in [-0.25, -0.2) is 0 Å². The van der Waals surface area contributed by atoms with Gasteiger partial charge in [0, 0.05) is 0 Å². The molecule has 0 aromatic heterocycles. The van der Waals surface area contributed by atoms with Gasteiger partial charge in [-0.05, 0) is 38.5 Å². The van der Waals surface area contributed by atoms with E-state index in [0.717, 1.165) is 12.3 Å². The van der Waals surface area contributed by atoms with Gasteiger partial charge in [-0.3, -0.25) is 0 Å². The molecule has 1 rings (SSSR count). The first-order chi connectivity index (χ1) is 7.27. The molecule has 0 aromatic rings. The minimum atomic E-state index is 0.738. The Kier molecular flexibility index (Phi) is 8.08. The van der Waals surface area contributed by atoms with Crippen molar-refractivity contribution in [2.75, 3.05) is 0 Å². The Morgan fingerprint density at radius 3 is 2.40 bits per heavy atom. The van der Waals surface area contributed by atoms with Crippen LogP contribution in [0.1, 0.15) is 53.4 Å². The SMILES string of the molecule is C=CCC(CC)C1=CC=C(C)CC1.CC. The van der Waals surface area contributed by atoms with Crippen LogP contribution in [0.15, 0.2) is 36.0 Å². The average molecular weight is 206 g/mol. The Bertz CT molecular complexity index is 230. The van der Waals surface area contributed by atoms with Gasteiger partial charge in [0.2, 0.25) is 0 Å². The maximum Gasteiger partial charge on any atom is -0.0168 e. The second-order valence-corrected chi connectivity index (χ2v) is 3.88. The van der Waals surface area contributed by atoms with Crippen LogP contribution in [0.2, 0.25) is 0 Å². The summed E-state index contributed by atoms with van der Waals surface area (Å²) in [6.07, 6.45) is 11.5. The zero-order chi connectivity index (χ0) is 11.7. The first-order valence-corrected chi connectivity index (χ1v) is 6.25. The van der Waals surface area contributed by atoms with E-state index in [0.29, 0.717) is 0 Å². The van der Waals surface area contributed by atoms with Gasteiger partial charge >= 0.3 is 0 Å². The van der Waals surface area contributed by atoms with Crippen molar-refractivity contribution in [3.63, 3.8) is 0 Å². The second-order valence-electron chi connectivity index (χ2n) is 3.88. The van der Waals surface area contributed by atoms with Gasteiger partial charge < -0.3 is 0 Å². The molecular weight excluding hydrogens is 180 g/mol. The quantitative estimate of drug-likeness (QED) is 0.549. The van der Waals surface area contributed by atoms with Crippen LogP contribution in [0.5, 0.6) is 0 Å². The van der Waals surface area contributed by atoms with Crippen molar-refractivity contribution in [2.45, 2.75) is 53.4 Å². The highest BCUT2D eigenvalue weighted by Gasteiger charge is 2.12. The monoisotopic (exact) mass is 206 g/mol.